The molecule has 0 fully saturated rings. The van der Waals surface area contributed by atoms with Crippen molar-refractivity contribution in [1.82, 2.24) is 4.90 Å². The van der Waals surface area contributed by atoms with Gasteiger partial charge in [-0.1, -0.05) is 45.0 Å². The van der Waals surface area contributed by atoms with E-state index in [-0.39, 0.29) is 11.1 Å². The van der Waals surface area contributed by atoms with Crippen LogP contribution in [0.5, 0.6) is 0 Å². The van der Waals surface area contributed by atoms with Crippen LogP contribution in [0.3, 0.4) is 0 Å². The van der Waals surface area contributed by atoms with Gasteiger partial charge in [0, 0.05) is 6.42 Å². The quantitative estimate of drug-likeness (QED) is 0.815. The van der Waals surface area contributed by atoms with Crippen LogP contribution >= 0.6 is 0 Å². The highest BCUT2D eigenvalue weighted by Crippen LogP contribution is 2.23. The molecule has 0 saturated heterocycles. The summed E-state index contributed by atoms with van der Waals surface area (Å²) < 4.78 is 0. The molecule has 96 valence electrons. The molecule has 0 radical (unpaired) electrons. The van der Waals surface area contributed by atoms with E-state index >= 15 is 0 Å². The first kappa shape index (κ1) is 14.2. The van der Waals surface area contributed by atoms with Crippen molar-refractivity contribution < 1.29 is 0 Å². The highest BCUT2D eigenvalue weighted by Gasteiger charge is 2.21. The minimum atomic E-state index is -0.288. The van der Waals surface area contributed by atoms with Crippen molar-refractivity contribution in [2.45, 2.75) is 45.2 Å². The monoisotopic (exact) mass is 234 g/mol. The molecule has 1 atom stereocenters. The Morgan fingerprint density at radius 2 is 1.47 bits per heavy atom. The largest absolute Gasteiger partial charge is 0.313 e. The Labute approximate surface area is 106 Å². The van der Waals surface area contributed by atoms with E-state index in [2.05, 4.69) is 56.9 Å². The van der Waals surface area contributed by atoms with E-state index in [9.17, 15) is 0 Å². The van der Waals surface area contributed by atoms with Gasteiger partial charge in [-0.3, -0.25) is 4.90 Å². The van der Waals surface area contributed by atoms with Crippen molar-refractivity contribution in [3.63, 3.8) is 0 Å². The zero-order chi connectivity index (χ0) is 13.3. The smallest absolute Gasteiger partial charge is 0.0694 e. The zero-order valence-corrected chi connectivity index (χ0v) is 12.0. The summed E-state index contributed by atoms with van der Waals surface area (Å²) in [6.07, 6.45) is 0.865. The molecule has 0 aliphatic carbocycles. The first-order valence-electron chi connectivity index (χ1n) is 6.19. The van der Waals surface area contributed by atoms with Crippen LogP contribution in [0.1, 0.15) is 38.8 Å². The summed E-state index contributed by atoms with van der Waals surface area (Å²) in [7, 11) is 4.03. The highest BCUT2D eigenvalue weighted by molar-refractivity contribution is 5.28. The number of likely N-dealkylation sites (N-methyl/N-ethyl adjacent to an activating group) is 1. The van der Waals surface area contributed by atoms with Crippen molar-refractivity contribution in [1.29, 1.82) is 0 Å². The van der Waals surface area contributed by atoms with Gasteiger partial charge in [0.25, 0.3) is 0 Å². The molecule has 0 aliphatic rings. The second-order valence-corrected chi connectivity index (χ2v) is 6.38. The lowest BCUT2D eigenvalue weighted by Crippen LogP contribution is -2.51. The molecule has 0 amide bonds. The maximum Gasteiger partial charge on any atom is 0.0694 e. The van der Waals surface area contributed by atoms with Crippen molar-refractivity contribution >= 4 is 0 Å². The van der Waals surface area contributed by atoms with Crippen LogP contribution in [0, 0.1) is 0 Å². The molecule has 1 unspecified atom stereocenters. The minimum Gasteiger partial charge on any atom is -0.313 e. The summed E-state index contributed by atoms with van der Waals surface area (Å²) in [6, 6.07) is 8.80. The SMILES string of the molecule is CN(C)C(C)(N)Cc1ccc(C(C)(C)C)cc1. The van der Waals surface area contributed by atoms with Gasteiger partial charge in [0.1, 0.15) is 0 Å². The van der Waals surface area contributed by atoms with Gasteiger partial charge in [-0.15, -0.1) is 0 Å². The number of benzene rings is 1. The topological polar surface area (TPSA) is 29.3 Å². The molecule has 0 saturated carbocycles. The zero-order valence-electron chi connectivity index (χ0n) is 12.0. The Morgan fingerprint density at radius 3 is 1.82 bits per heavy atom. The fourth-order valence-corrected chi connectivity index (χ4v) is 1.69. The average Bonchev–Trinajstić information content (AvgIpc) is 2.16. The van der Waals surface area contributed by atoms with Crippen LogP contribution in [0.15, 0.2) is 24.3 Å². The van der Waals surface area contributed by atoms with E-state index in [0.29, 0.717) is 0 Å². The summed E-state index contributed by atoms with van der Waals surface area (Å²) in [6.45, 7) is 8.75. The van der Waals surface area contributed by atoms with Gasteiger partial charge < -0.3 is 5.73 Å². The maximum atomic E-state index is 6.24. The summed E-state index contributed by atoms with van der Waals surface area (Å²) in [5, 5.41) is 0. The minimum absolute atomic E-state index is 0.214. The third-order valence-electron chi connectivity index (χ3n) is 3.40. The van der Waals surface area contributed by atoms with Crippen LogP contribution in [-0.4, -0.2) is 24.7 Å². The molecule has 1 aromatic rings. The first-order chi connectivity index (χ1) is 7.63. The fraction of sp³-hybridized carbons (Fsp3) is 0.600. The third-order valence-corrected chi connectivity index (χ3v) is 3.40. The summed E-state index contributed by atoms with van der Waals surface area (Å²) >= 11 is 0. The molecule has 1 aromatic carbocycles. The van der Waals surface area contributed by atoms with E-state index in [4.69, 9.17) is 5.73 Å². The molecule has 0 spiro atoms. The number of nitrogens with two attached hydrogens (primary N) is 1. The van der Waals surface area contributed by atoms with Crippen LogP contribution in [-0.2, 0) is 11.8 Å². The summed E-state index contributed by atoms with van der Waals surface area (Å²) in [4.78, 5) is 2.06. The van der Waals surface area contributed by atoms with Gasteiger partial charge in [-0.2, -0.15) is 0 Å². The van der Waals surface area contributed by atoms with Crippen LogP contribution in [0.4, 0.5) is 0 Å². The van der Waals surface area contributed by atoms with Gasteiger partial charge in [-0.25, -0.2) is 0 Å². The second-order valence-electron chi connectivity index (χ2n) is 6.38. The summed E-state index contributed by atoms with van der Waals surface area (Å²) in [5.74, 6) is 0. The Kier molecular flexibility index (Phi) is 4.00. The number of rotatable bonds is 3. The Morgan fingerprint density at radius 1 is 1.00 bits per heavy atom. The number of hydrogen-bond acceptors (Lipinski definition) is 2. The lowest BCUT2D eigenvalue weighted by molar-refractivity contribution is 0.180. The van der Waals surface area contributed by atoms with Crippen molar-refractivity contribution in [2.75, 3.05) is 14.1 Å². The lowest BCUT2D eigenvalue weighted by atomic mass is 9.86. The summed E-state index contributed by atoms with van der Waals surface area (Å²) in [5.41, 5.74) is 8.82. The second kappa shape index (κ2) is 4.79. The van der Waals surface area contributed by atoms with Gasteiger partial charge in [-0.05, 0) is 37.6 Å². The van der Waals surface area contributed by atoms with E-state index in [1.54, 1.807) is 0 Å². The molecular weight excluding hydrogens is 208 g/mol. The molecule has 2 nitrogen and oxygen atoms in total. The predicted molar refractivity (Wildman–Crippen MR) is 75.1 cm³/mol. The molecular formula is C15H26N2. The van der Waals surface area contributed by atoms with Gasteiger partial charge in [0.15, 0.2) is 0 Å². The van der Waals surface area contributed by atoms with Gasteiger partial charge in [0.05, 0.1) is 5.66 Å². The van der Waals surface area contributed by atoms with Crippen LogP contribution in [0.25, 0.3) is 0 Å². The number of nitrogens with zero attached hydrogens (tertiary/aromatic N) is 1. The maximum absolute atomic E-state index is 6.24. The van der Waals surface area contributed by atoms with Gasteiger partial charge >= 0.3 is 0 Å². The molecule has 2 heteroatoms. The third kappa shape index (κ3) is 3.83. The van der Waals surface area contributed by atoms with E-state index < -0.39 is 0 Å². The van der Waals surface area contributed by atoms with E-state index in [1.165, 1.54) is 11.1 Å². The van der Waals surface area contributed by atoms with Crippen molar-refractivity contribution in [2.24, 2.45) is 5.73 Å². The molecule has 2 N–H and O–H groups in total. The molecule has 0 heterocycles. The lowest BCUT2D eigenvalue weighted by Gasteiger charge is -2.32. The Bertz CT molecular complexity index is 356. The van der Waals surface area contributed by atoms with E-state index in [0.717, 1.165) is 6.42 Å². The Balaban J connectivity index is 2.83. The van der Waals surface area contributed by atoms with Crippen LogP contribution < -0.4 is 5.73 Å². The van der Waals surface area contributed by atoms with E-state index in [1.807, 2.05) is 14.1 Å². The first-order valence-corrected chi connectivity index (χ1v) is 6.19. The highest BCUT2D eigenvalue weighted by atomic mass is 15.2. The normalized spacial score (nSPS) is 16.0. The number of hydrogen-bond donors (Lipinski definition) is 1. The van der Waals surface area contributed by atoms with Crippen LogP contribution in [0.2, 0.25) is 0 Å². The molecule has 1 rings (SSSR count). The Hall–Kier alpha value is -0.860. The predicted octanol–water partition coefficient (Wildman–Crippen LogP) is 2.76. The van der Waals surface area contributed by atoms with Crippen molar-refractivity contribution in [3.8, 4) is 0 Å². The molecule has 0 bridgehead atoms. The van der Waals surface area contributed by atoms with Gasteiger partial charge in [0.2, 0.25) is 0 Å². The molecule has 0 aliphatic heterocycles. The standard InChI is InChI=1S/C15H26N2/c1-14(2,3)13-9-7-12(8-10-13)11-15(4,16)17(5)6/h7-10H,11,16H2,1-6H3. The molecule has 17 heavy (non-hydrogen) atoms. The van der Waals surface area contributed by atoms with Crippen molar-refractivity contribution in [3.05, 3.63) is 35.4 Å². The molecule has 0 aromatic heterocycles. The average molecular weight is 234 g/mol. The fourth-order valence-electron chi connectivity index (χ4n) is 1.69.